The van der Waals surface area contributed by atoms with Gasteiger partial charge < -0.3 is 9.47 Å². The molecule has 17 heavy (non-hydrogen) atoms. The van der Waals surface area contributed by atoms with Gasteiger partial charge in [-0.2, -0.15) is 11.8 Å². The van der Waals surface area contributed by atoms with Crippen molar-refractivity contribution in [2.24, 2.45) is 5.41 Å². The van der Waals surface area contributed by atoms with Gasteiger partial charge in [0.25, 0.3) is 0 Å². The van der Waals surface area contributed by atoms with Crippen molar-refractivity contribution in [1.29, 1.82) is 0 Å². The average Bonchev–Trinajstić information content (AvgIpc) is 2.31. The van der Waals surface area contributed by atoms with Gasteiger partial charge in [0.1, 0.15) is 0 Å². The minimum absolute atomic E-state index is 0.277. The molecule has 0 unspecified atom stereocenters. The van der Waals surface area contributed by atoms with Gasteiger partial charge in [0.2, 0.25) is 0 Å². The van der Waals surface area contributed by atoms with E-state index in [0.717, 1.165) is 5.75 Å². The fraction of sp³-hybridized carbons (Fsp3) is 0.833. The standard InChI is InChI=1S/C12H22O4S/c1-5-12(8-9-17-4,10(13)15-6-2)11(14)16-7-3/h5-9H2,1-4H3. The van der Waals surface area contributed by atoms with Crippen LogP contribution in [0.25, 0.3) is 0 Å². The van der Waals surface area contributed by atoms with E-state index in [1.807, 2.05) is 13.2 Å². The van der Waals surface area contributed by atoms with Crippen LogP contribution in [0.4, 0.5) is 0 Å². The van der Waals surface area contributed by atoms with Crippen molar-refractivity contribution in [3.05, 3.63) is 0 Å². The van der Waals surface area contributed by atoms with Gasteiger partial charge >= 0.3 is 11.9 Å². The largest absolute Gasteiger partial charge is 0.465 e. The van der Waals surface area contributed by atoms with Crippen LogP contribution in [-0.4, -0.2) is 37.2 Å². The lowest BCUT2D eigenvalue weighted by Crippen LogP contribution is -2.42. The van der Waals surface area contributed by atoms with E-state index in [9.17, 15) is 9.59 Å². The van der Waals surface area contributed by atoms with Crippen LogP contribution in [0.1, 0.15) is 33.6 Å². The van der Waals surface area contributed by atoms with Gasteiger partial charge in [0.15, 0.2) is 5.41 Å². The SMILES string of the molecule is CCOC(=O)C(CC)(CCSC)C(=O)OCC. The molecule has 0 fully saturated rings. The predicted octanol–water partition coefficient (Wildman–Crippen LogP) is 2.26. The van der Waals surface area contributed by atoms with E-state index in [2.05, 4.69) is 0 Å². The monoisotopic (exact) mass is 262 g/mol. The molecule has 100 valence electrons. The molecule has 0 amide bonds. The fourth-order valence-electron chi connectivity index (χ4n) is 1.57. The highest BCUT2D eigenvalue weighted by Gasteiger charge is 2.46. The lowest BCUT2D eigenvalue weighted by molar-refractivity contribution is -0.172. The highest BCUT2D eigenvalue weighted by atomic mass is 32.2. The molecule has 5 heteroatoms. The van der Waals surface area contributed by atoms with Crippen LogP contribution < -0.4 is 0 Å². The van der Waals surface area contributed by atoms with E-state index in [0.29, 0.717) is 12.8 Å². The summed E-state index contributed by atoms with van der Waals surface area (Å²) >= 11 is 1.60. The van der Waals surface area contributed by atoms with Gasteiger partial charge in [-0.3, -0.25) is 9.59 Å². The summed E-state index contributed by atoms with van der Waals surface area (Å²) < 4.78 is 10.0. The Morgan fingerprint density at radius 2 is 1.53 bits per heavy atom. The Kier molecular flexibility index (Phi) is 8.04. The molecule has 0 N–H and O–H groups in total. The summed E-state index contributed by atoms with van der Waals surface area (Å²) in [6.45, 7) is 5.84. The van der Waals surface area contributed by atoms with Crippen LogP contribution in [0.5, 0.6) is 0 Å². The summed E-state index contributed by atoms with van der Waals surface area (Å²) in [6.07, 6.45) is 2.81. The lowest BCUT2D eigenvalue weighted by Gasteiger charge is -2.27. The van der Waals surface area contributed by atoms with Gasteiger partial charge in [-0.1, -0.05) is 6.92 Å². The maximum Gasteiger partial charge on any atom is 0.323 e. The topological polar surface area (TPSA) is 52.6 Å². The zero-order valence-electron chi connectivity index (χ0n) is 11.1. The second kappa shape index (κ2) is 8.39. The second-order valence-electron chi connectivity index (χ2n) is 3.62. The van der Waals surface area contributed by atoms with Gasteiger partial charge in [0.05, 0.1) is 13.2 Å². The van der Waals surface area contributed by atoms with Crippen LogP contribution >= 0.6 is 11.8 Å². The first-order valence-electron chi connectivity index (χ1n) is 5.92. The van der Waals surface area contributed by atoms with Crippen LogP contribution in [0.2, 0.25) is 0 Å². The molecule has 0 saturated heterocycles. The van der Waals surface area contributed by atoms with E-state index in [1.54, 1.807) is 25.6 Å². The third kappa shape index (κ3) is 4.22. The van der Waals surface area contributed by atoms with Gasteiger partial charge in [-0.05, 0) is 38.7 Å². The molecule has 0 rings (SSSR count). The Labute approximate surface area is 107 Å². The fourth-order valence-corrected chi connectivity index (χ4v) is 2.12. The summed E-state index contributed by atoms with van der Waals surface area (Å²) in [5, 5.41) is 0. The van der Waals surface area contributed by atoms with Crippen molar-refractivity contribution in [2.75, 3.05) is 25.2 Å². The molecule has 4 nitrogen and oxygen atoms in total. The van der Waals surface area contributed by atoms with Crippen molar-refractivity contribution in [2.45, 2.75) is 33.6 Å². The van der Waals surface area contributed by atoms with Crippen LogP contribution in [0.15, 0.2) is 0 Å². The second-order valence-corrected chi connectivity index (χ2v) is 4.60. The first kappa shape index (κ1) is 16.3. The first-order valence-corrected chi connectivity index (χ1v) is 7.31. The Morgan fingerprint density at radius 1 is 1.06 bits per heavy atom. The number of carbonyl (C=O) groups excluding carboxylic acids is 2. The first-order chi connectivity index (χ1) is 8.08. The summed E-state index contributed by atoms with van der Waals surface area (Å²) in [7, 11) is 0. The molecule has 0 heterocycles. The molecule has 0 aromatic rings. The summed E-state index contributed by atoms with van der Waals surface area (Å²) in [6, 6.07) is 0. The number of hydrogen-bond acceptors (Lipinski definition) is 5. The summed E-state index contributed by atoms with van der Waals surface area (Å²) in [4.78, 5) is 24.0. The number of thioether (sulfide) groups is 1. The minimum atomic E-state index is -1.13. The van der Waals surface area contributed by atoms with Crippen LogP contribution in [-0.2, 0) is 19.1 Å². The van der Waals surface area contributed by atoms with Crippen molar-refractivity contribution >= 4 is 23.7 Å². The highest BCUT2D eigenvalue weighted by molar-refractivity contribution is 7.98. The van der Waals surface area contributed by atoms with E-state index in [-0.39, 0.29) is 13.2 Å². The number of esters is 2. The average molecular weight is 262 g/mol. The molecule has 0 spiro atoms. The molecule has 0 aromatic heterocycles. The summed E-state index contributed by atoms with van der Waals surface area (Å²) in [5.41, 5.74) is -1.13. The van der Waals surface area contributed by atoms with Crippen LogP contribution in [0, 0.1) is 5.41 Å². The Bertz CT molecular complexity index is 235. The molecule has 0 aliphatic rings. The van der Waals surface area contributed by atoms with E-state index < -0.39 is 17.4 Å². The normalized spacial score (nSPS) is 11.1. The minimum Gasteiger partial charge on any atom is -0.465 e. The molecule has 0 aromatic carbocycles. The number of rotatable bonds is 8. The van der Waals surface area contributed by atoms with E-state index in [1.165, 1.54) is 0 Å². The Morgan fingerprint density at radius 3 is 1.82 bits per heavy atom. The molecular weight excluding hydrogens is 240 g/mol. The van der Waals surface area contributed by atoms with Crippen molar-refractivity contribution < 1.29 is 19.1 Å². The molecule has 0 aliphatic heterocycles. The number of ether oxygens (including phenoxy) is 2. The molecule has 0 radical (unpaired) electrons. The quantitative estimate of drug-likeness (QED) is 0.496. The predicted molar refractivity (Wildman–Crippen MR) is 69.0 cm³/mol. The molecule has 0 bridgehead atoms. The molecular formula is C12H22O4S. The van der Waals surface area contributed by atoms with Gasteiger partial charge in [0, 0.05) is 0 Å². The third-order valence-electron chi connectivity index (χ3n) is 2.67. The smallest absolute Gasteiger partial charge is 0.323 e. The summed E-state index contributed by atoms with van der Waals surface area (Å²) in [5.74, 6) is -0.198. The zero-order chi connectivity index (χ0) is 13.3. The lowest BCUT2D eigenvalue weighted by atomic mass is 9.82. The number of hydrogen-bond donors (Lipinski definition) is 0. The van der Waals surface area contributed by atoms with Crippen molar-refractivity contribution in [3.63, 3.8) is 0 Å². The third-order valence-corrected chi connectivity index (χ3v) is 3.28. The van der Waals surface area contributed by atoms with E-state index in [4.69, 9.17) is 9.47 Å². The van der Waals surface area contributed by atoms with Gasteiger partial charge in [-0.15, -0.1) is 0 Å². The molecule has 0 saturated carbocycles. The maximum absolute atomic E-state index is 12.0. The van der Waals surface area contributed by atoms with Crippen molar-refractivity contribution in [3.8, 4) is 0 Å². The van der Waals surface area contributed by atoms with Crippen LogP contribution in [0.3, 0.4) is 0 Å². The Hall–Kier alpha value is -0.710. The zero-order valence-corrected chi connectivity index (χ0v) is 11.9. The number of carbonyl (C=O) groups is 2. The van der Waals surface area contributed by atoms with Gasteiger partial charge in [-0.25, -0.2) is 0 Å². The molecule has 0 atom stereocenters. The maximum atomic E-state index is 12.0. The highest BCUT2D eigenvalue weighted by Crippen LogP contribution is 2.31. The Balaban J connectivity index is 4.98. The molecule has 0 aliphatic carbocycles. The van der Waals surface area contributed by atoms with Crippen molar-refractivity contribution in [1.82, 2.24) is 0 Å². The van der Waals surface area contributed by atoms with E-state index >= 15 is 0 Å².